The number of nitrogens with one attached hydrogen (secondary N) is 2. The second kappa shape index (κ2) is 5.83. The summed E-state index contributed by atoms with van der Waals surface area (Å²) in [5.41, 5.74) is 12.2. The van der Waals surface area contributed by atoms with Crippen LogP contribution < -0.4 is 16.8 Å². The lowest BCUT2D eigenvalue weighted by molar-refractivity contribution is 0.0607. The summed E-state index contributed by atoms with van der Waals surface area (Å²) < 4.78 is 4.64. The van der Waals surface area contributed by atoms with E-state index in [9.17, 15) is 9.59 Å². The fraction of sp³-hybridized carbons (Fsp3) is 0.250. The van der Waals surface area contributed by atoms with E-state index in [-0.39, 0.29) is 22.2 Å². The third-order valence-corrected chi connectivity index (χ3v) is 4.05. The summed E-state index contributed by atoms with van der Waals surface area (Å²) in [6.07, 6.45) is 3.37. The van der Waals surface area contributed by atoms with Crippen LogP contribution in [0.4, 0.5) is 10.7 Å². The molecule has 0 aromatic carbocycles. The molecule has 0 bridgehead atoms. The van der Waals surface area contributed by atoms with Crippen LogP contribution in [0.25, 0.3) is 0 Å². The summed E-state index contributed by atoms with van der Waals surface area (Å²) in [4.78, 5) is 23.4. The maximum Gasteiger partial charge on any atom is 0.350 e. The molecule has 0 radical (unpaired) electrons. The summed E-state index contributed by atoms with van der Waals surface area (Å²) in [5, 5.41) is 10.1. The summed E-state index contributed by atoms with van der Waals surface area (Å²) in [6.45, 7) is 1.88. The van der Waals surface area contributed by atoms with Crippen molar-refractivity contribution in [2.24, 2.45) is 5.73 Å². The number of H-pyrrole nitrogens is 1. The van der Waals surface area contributed by atoms with Gasteiger partial charge in [0.1, 0.15) is 9.88 Å². The fourth-order valence-electron chi connectivity index (χ4n) is 1.81. The Morgan fingerprint density at radius 1 is 1.52 bits per heavy atom. The van der Waals surface area contributed by atoms with Crippen molar-refractivity contribution in [1.29, 1.82) is 0 Å². The lowest BCUT2D eigenvalue weighted by atomic mass is 10.1. The summed E-state index contributed by atoms with van der Waals surface area (Å²) >= 11 is 1.03. The highest BCUT2D eigenvalue weighted by Gasteiger charge is 2.25. The van der Waals surface area contributed by atoms with Gasteiger partial charge in [0.2, 0.25) is 0 Å². The molecule has 0 saturated carbocycles. The van der Waals surface area contributed by atoms with Crippen LogP contribution in [0.15, 0.2) is 12.4 Å². The number of esters is 1. The SMILES string of the molecule is COC(=O)c1sc(NC(C)c2cn[nH]c2)c(C(N)=O)c1N. The first-order chi connectivity index (χ1) is 9.95. The molecule has 1 unspecified atom stereocenters. The number of amides is 1. The number of hydrogen-bond donors (Lipinski definition) is 4. The molecule has 2 aromatic rings. The highest BCUT2D eigenvalue weighted by molar-refractivity contribution is 7.19. The number of aromatic nitrogens is 2. The Kier molecular flexibility index (Phi) is 4.13. The van der Waals surface area contributed by atoms with Crippen molar-refractivity contribution in [1.82, 2.24) is 10.2 Å². The molecule has 0 spiro atoms. The average molecular weight is 309 g/mol. The summed E-state index contributed by atoms with van der Waals surface area (Å²) in [5.74, 6) is -1.31. The molecule has 21 heavy (non-hydrogen) atoms. The third kappa shape index (κ3) is 2.82. The van der Waals surface area contributed by atoms with Gasteiger partial charge >= 0.3 is 5.97 Å². The van der Waals surface area contributed by atoms with Gasteiger partial charge in [-0.2, -0.15) is 5.10 Å². The molecule has 2 aromatic heterocycles. The van der Waals surface area contributed by atoms with Crippen LogP contribution in [-0.4, -0.2) is 29.2 Å². The molecule has 8 nitrogen and oxygen atoms in total. The predicted molar refractivity (Wildman–Crippen MR) is 79.2 cm³/mol. The molecule has 1 amide bonds. The van der Waals surface area contributed by atoms with E-state index in [0.29, 0.717) is 5.00 Å². The summed E-state index contributed by atoms with van der Waals surface area (Å²) in [7, 11) is 1.24. The van der Waals surface area contributed by atoms with Crippen molar-refractivity contribution in [2.45, 2.75) is 13.0 Å². The van der Waals surface area contributed by atoms with Gasteiger partial charge in [-0.25, -0.2) is 4.79 Å². The minimum Gasteiger partial charge on any atom is -0.465 e. The topological polar surface area (TPSA) is 136 Å². The van der Waals surface area contributed by atoms with Crippen molar-refractivity contribution >= 4 is 33.9 Å². The number of carbonyl (C=O) groups excluding carboxylic acids is 2. The highest BCUT2D eigenvalue weighted by Crippen LogP contribution is 2.37. The minimum atomic E-state index is -0.708. The highest BCUT2D eigenvalue weighted by atomic mass is 32.1. The van der Waals surface area contributed by atoms with Crippen molar-refractivity contribution in [2.75, 3.05) is 18.2 Å². The van der Waals surface area contributed by atoms with Crippen LogP contribution in [0.3, 0.4) is 0 Å². The Morgan fingerprint density at radius 3 is 2.76 bits per heavy atom. The van der Waals surface area contributed by atoms with Crippen LogP contribution in [0.2, 0.25) is 0 Å². The van der Waals surface area contributed by atoms with Gasteiger partial charge in [0.15, 0.2) is 0 Å². The van der Waals surface area contributed by atoms with Crippen LogP contribution in [0.1, 0.15) is 38.6 Å². The number of thiophene rings is 1. The minimum absolute atomic E-state index is 0.0289. The zero-order valence-electron chi connectivity index (χ0n) is 11.5. The number of ether oxygens (including phenoxy) is 1. The number of nitrogens with zero attached hydrogens (tertiary/aromatic N) is 1. The molecule has 2 heterocycles. The van der Waals surface area contributed by atoms with E-state index < -0.39 is 11.9 Å². The van der Waals surface area contributed by atoms with Gasteiger partial charge in [-0.15, -0.1) is 11.3 Å². The van der Waals surface area contributed by atoms with Crippen molar-refractivity contribution in [3.63, 3.8) is 0 Å². The number of methoxy groups -OCH3 is 1. The van der Waals surface area contributed by atoms with Gasteiger partial charge in [-0.3, -0.25) is 9.89 Å². The van der Waals surface area contributed by atoms with E-state index in [1.165, 1.54) is 7.11 Å². The van der Waals surface area contributed by atoms with Gasteiger partial charge < -0.3 is 21.5 Å². The maximum atomic E-state index is 11.7. The van der Waals surface area contributed by atoms with Gasteiger partial charge in [-0.05, 0) is 6.92 Å². The Hall–Kier alpha value is -2.55. The number of nitrogen functional groups attached to an aromatic ring is 1. The fourth-order valence-corrected chi connectivity index (χ4v) is 2.94. The normalized spacial score (nSPS) is 11.9. The molecule has 0 aliphatic carbocycles. The molecule has 9 heteroatoms. The number of anilines is 2. The number of nitrogens with two attached hydrogens (primary N) is 2. The van der Waals surface area contributed by atoms with E-state index in [1.807, 2.05) is 6.92 Å². The second-order valence-corrected chi connectivity index (χ2v) is 5.32. The van der Waals surface area contributed by atoms with Crippen LogP contribution in [0.5, 0.6) is 0 Å². The number of aromatic amines is 1. The Bertz CT molecular complexity index is 665. The van der Waals surface area contributed by atoms with E-state index >= 15 is 0 Å². The number of primary amides is 1. The molecule has 0 aliphatic heterocycles. The first-order valence-corrected chi connectivity index (χ1v) is 6.83. The number of rotatable bonds is 5. The van der Waals surface area contributed by atoms with Crippen molar-refractivity contribution in [3.8, 4) is 0 Å². The third-order valence-electron chi connectivity index (χ3n) is 2.93. The number of hydrogen-bond acceptors (Lipinski definition) is 7. The second-order valence-electron chi connectivity index (χ2n) is 4.30. The van der Waals surface area contributed by atoms with Crippen molar-refractivity contribution in [3.05, 3.63) is 28.4 Å². The van der Waals surface area contributed by atoms with Crippen LogP contribution in [0, 0.1) is 0 Å². The monoisotopic (exact) mass is 309 g/mol. The van der Waals surface area contributed by atoms with Crippen LogP contribution >= 0.6 is 11.3 Å². The standard InChI is InChI=1S/C12H15N5O3S/c1-5(6-3-15-16-4-6)17-11-7(10(14)18)8(13)9(21-11)12(19)20-2/h3-5,17H,13H2,1-2H3,(H2,14,18)(H,15,16). The van der Waals surface area contributed by atoms with Gasteiger partial charge in [0, 0.05) is 11.8 Å². The van der Waals surface area contributed by atoms with E-state index in [4.69, 9.17) is 11.5 Å². The van der Waals surface area contributed by atoms with Crippen LogP contribution in [-0.2, 0) is 4.74 Å². The lowest BCUT2D eigenvalue weighted by Crippen LogP contribution is -2.16. The Morgan fingerprint density at radius 2 is 2.24 bits per heavy atom. The molecular formula is C12H15N5O3S. The maximum absolute atomic E-state index is 11.7. The first kappa shape index (κ1) is 14.9. The quantitative estimate of drug-likeness (QED) is 0.611. The molecular weight excluding hydrogens is 294 g/mol. The van der Waals surface area contributed by atoms with E-state index in [1.54, 1.807) is 12.4 Å². The molecule has 112 valence electrons. The zero-order chi connectivity index (χ0) is 15.6. The largest absolute Gasteiger partial charge is 0.465 e. The predicted octanol–water partition coefficient (Wildman–Crippen LogP) is 1.11. The first-order valence-electron chi connectivity index (χ1n) is 6.01. The summed E-state index contributed by atoms with van der Waals surface area (Å²) in [6, 6.07) is -0.148. The van der Waals surface area contributed by atoms with Gasteiger partial charge in [0.25, 0.3) is 5.91 Å². The molecule has 0 fully saturated rings. The van der Waals surface area contributed by atoms with Crippen molar-refractivity contribution < 1.29 is 14.3 Å². The molecule has 6 N–H and O–H groups in total. The zero-order valence-corrected chi connectivity index (χ0v) is 12.3. The Balaban J connectivity index is 2.38. The molecule has 1 atom stereocenters. The molecule has 0 aliphatic rings. The molecule has 0 saturated heterocycles. The van der Waals surface area contributed by atoms with Gasteiger partial charge in [-0.1, -0.05) is 0 Å². The van der Waals surface area contributed by atoms with E-state index in [2.05, 4.69) is 20.3 Å². The van der Waals surface area contributed by atoms with Gasteiger partial charge in [0.05, 0.1) is 30.6 Å². The average Bonchev–Trinajstić information content (AvgIpc) is 3.06. The van der Waals surface area contributed by atoms with E-state index in [0.717, 1.165) is 16.9 Å². The Labute approximate surface area is 124 Å². The lowest BCUT2D eigenvalue weighted by Gasteiger charge is -2.12. The smallest absolute Gasteiger partial charge is 0.350 e. The number of carbonyl (C=O) groups is 2. The molecule has 2 rings (SSSR count).